The second-order valence-electron chi connectivity index (χ2n) is 5.02. The zero-order valence-electron chi connectivity index (χ0n) is 11.1. The molecule has 0 bridgehead atoms. The number of rotatable bonds is 4. The van der Waals surface area contributed by atoms with Crippen molar-refractivity contribution in [1.82, 2.24) is 9.80 Å². The molecule has 2 fully saturated rings. The van der Waals surface area contributed by atoms with Gasteiger partial charge in [0.05, 0.1) is 0 Å². The van der Waals surface area contributed by atoms with Gasteiger partial charge in [0.15, 0.2) is 0 Å². The molecule has 0 N–H and O–H groups in total. The van der Waals surface area contributed by atoms with Gasteiger partial charge in [0.2, 0.25) is 11.8 Å². The predicted octanol–water partition coefficient (Wildman–Crippen LogP) is 1.35. The molecule has 0 radical (unpaired) electrons. The highest BCUT2D eigenvalue weighted by molar-refractivity contribution is 7.98. The van der Waals surface area contributed by atoms with E-state index in [9.17, 15) is 9.59 Å². The first-order valence-electron chi connectivity index (χ1n) is 6.81. The van der Waals surface area contributed by atoms with Gasteiger partial charge in [-0.25, -0.2) is 0 Å². The Morgan fingerprint density at radius 1 is 1.28 bits per heavy atom. The van der Waals surface area contributed by atoms with E-state index in [4.69, 9.17) is 0 Å². The van der Waals surface area contributed by atoms with Crippen molar-refractivity contribution < 1.29 is 9.59 Å². The number of carbonyl (C=O) groups is 2. The van der Waals surface area contributed by atoms with Crippen molar-refractivity contribution in [3.8, 4) is 0 Å². The molecule has 0 spiro atoms. The average Bonchev–Trinajstić information content (AvgIpc) is 2.52. The van der Waals surface area contributed by atoms with E-state index in [1.54, 1.807) is 11.8 Å². The highest BCUT2D eigenvalue weighted by atomic mass is 32.2. The molecule has 2 saturated heterocycles. The molecule has 0 aromatic rings. The van der Waals surface area contributed by atoms with Crippen LogP contribution in [0.3, 0.4) is 0 Å². The number of amides is 2. The van der Waals surface area contributed by atoms with Gasteiger partial charge in [0.1, 0.15) is 6.04 Å². The van der Waals surface area contributed by atoms with E-state index in [2.05, 4.69) is 6.26 Å². The van der Waals surface area contributed by atoms with Crippen LogP contribution in [0.4, 0.5) is 0 Å². The van der Waals surface area contributed by atoms with Crippen molar-refractivity contribution in [3.63, 3.8) is 0 Å². The summed E-state index contributed by atoms with van der Waals surface area (Å²) >= 11 is 1.80. The van der Waals surface area contributed by atoms with Crippen LogP contribution in [-0.2, 0) is 9.59 Å². The van der Waals surface area contributed by atoms with E-state index < -0.39 is 0 Å². The maximum absolute atomic E-state index is 12.4. The van der Waals surface area contributed by atoms with Crippen molar-refractivity contribution in [3.05, 3.63) is 0 Å². The van der Waals surface area contributed by atoms with Gasteiger partial charge in [-0.05, 0) is 37.7 Å². The molecule has 0 aromatic heterocycles. The molecule has 4 nitrogen and oxygen atoms in total. The maximum Gasteiger partial charge on any atom is 0.245 e. The number of thioether (sulfide) groups is 1. The van der Waals surface area contributed by atoms with Crippen LogP contribution in [0.15, 0.2) is 0 Å². The van der Waals surface area contributed by atoms with E-state index in [1.807, 2.05) is 9.80 Å². The van der Waals surface area contributed by atoms with Gasteiger partial charge < -0.3 is 9.80 Å². The van der Waals surface area contributed by atoms with E-state index in [-0.39, 0.29) is 17.9 Å². The second-order valence-corrected chi connectivity index (χ2v) is 6.01. The minimum absolute atomic E-state index is 0.164. The van der Waals surface area contributed by atoms with Gasteiger partial charge in [0, 0.05) is 26.1 Å². The molecule has 0 aliphatic carbocycles. The van der Waals surface area contributed by atoms with Crippen LogP contribution in [0, 0.1) is 0 Å². The normalized spacial score (nSPS) is 25.1. The van der Waals surface area contributed by atoms with Crippen molar-refractivity contribution in [2.75, 3.05) is 31.6 Å². The minimum atomic E-state index is -0.164. The minimum Gasteiger partial charge on any atom is -0.340 e. The fraction of sp³-hybridized carbons (Fsp3) is 0.846. The second kappa shape index (κ2) is 6.45. The third kappa shape index (κ3) is 2.99. The molecular formula is C13H22N2O2S. The summed E-state index contributed by atoms with van der Waals surface area (Å²) in [7, 11) is 0. The quantitative estimate of drug-likeness (QED) is 0.724. The van der Waals surface area contributed by atoms with Gasteiger partial charge in [-0.3, -0.25) is 9.59 Å². The lowest BCUT2D eigenvalue weighted by Crippen LogP contribution is -2.49. The standard InChI is InChI=1S/C13H22N2O2S/c1-18-10-4-7-14-9-6-12(16)15-8-3-2-5-11(15)13(14)17/h11H,2-10H2,1H3. The lowest BCUT2D eigenvalue weighted by molar-refractivity contribution is -0.143. The molecule has 1 unspecified atom stereocenters. The van der Waals surface area contributed by atoms with Crippen LogP contribution in [-0.4, -0.2) is 59.3 Å². The zero-order valence-corrected chi connectivity index (χ0v) is 11.9. The number of carbonyl (C=O) groups excluding carboxylic acids is 2. The first-order chi connectivity index (χ1) is 8.74. The van der Waals surface area contributed by atoms with Crippen LogP contribution in [0.2, 0.25) is 0 Å². The molecule has 2 aliphatic rings. The third-order valence-electron chi connectivity index (χ3n) is 3.79. The highest BCUT2D eigenvalue weighted by Crippen LogP contribution is 2.23. The Morgan fingerprint density at radius 2 is 2.11 bits per heavy atom. The summed E-state index contributed by atoms with van der Waals surface area (Å²) in [4.78, 5) is 28.2. The molecule has 2 aliphatic heterocycles. The summed E-state index contributed by atoms with van der Waals surface area (Å²) in [6.07, 6.45) is 6.57. The Balaban J connectivity index is 2.01. The number of fused-ring (bicyclic) bond motifs is 1. The fourth-order valence-corrected chi connectivity index (χ4v) is 3.22. The summed E-state index contributed by atoms with van der Waals surface area (Å²) in [5.41, 5.74) is 0. The topological polar surface area (TPSA) is 40.6 Å². The molecule has 2 heterocycles. The van der Waals surface area contributed by atoms with Crippen LogP contribution in [0.1, 0.15) is 32.1 Å². The predicted molar refractivity (Wildman–Crippen MR) is 73.5 cm³/mol. The van der Waals surface area contributed by atoms with E-state index in [0.717, 1.165) is 44.5 Å². The molecular weight excluding hydrogens is 248 g/mol. The molecule has 5 heteroatoms. The van der Waals surface area contributed by atoms with Crippen LogP contribution < -0.4 is 0 Å². The van der Waals surface area contributed by atoms with Crippen molar-refractivity contribution in [2.45, 2.75) is 38.1 Å². The molecule has 2 amide bonds. The Bertz CT molecular complexity index is 322. The molecule has 2 rings (SSSR count). The first kappa shape index (κ1) is 13.7. The first-order valence-corrected chi connectivity index (χ1v) is 8.20. The number of hydrogen-bond acceptors (Lipinski definition) is 3. The van der Waals surface area contributed by atoms with Gasteiger partial charge >= 0.3 is 0 Å². The molecule has 18 heavy (non-hydrogen) atoms. The van der Waals surface area contributed by atoms with E-state index in [0.29, 0.717) is 13.0 Å². The third-order valence-corrected chi connectivity index (χ3v) is 4.49. The Kier molecular flexibility index (Phi) is 4.92. The molecule has 102 valence electrons. The SMILES string of the molecule is CSCCCN1CCC(=O)N2CCCCC2C1=O. The average molecular weight is 270 g/mol. The molecule has 1 atom stereocenters. The maximum atomic E-state index is 12.4. The molecule has 0 aromatic carbocycles. The Hall–Kier alpha value is -0.710. The van der Waals surface area contributed by atoms with Gasteiger partial charge in [0.25, 0.3) is 0 Å². The van der Waals surface area contributed by atoms with Gasteiger partial charge in [-0.2, -0.15) is 11.8 Å². The van der Waals surface area contributed by atoms with Crippen molar-refractivity contribution in [2.24, 2.45) is 0 Å². The van der Waals surface area contributed by atoms with Crippen molar-refractivity contribution >= 4 is 23.6 Å². The lowest BCUT2D eigenvalue weighted by atomic mass is 10.0. The smallest absolute Gasteiger partial charge is 0.245 e. The molecule has 0 saturated carbocycles. The van der Waals surface area contributed by atoms with E-state index in [1.165, 1.54) is 0 Å². The Morgan fingerprint density at radius 3 is 2.89 bits per heavy atom. The summed E-state index contributed by atoms with van der Waals surface area (Å²) in [6, 6.07) is -0.164. The Labute approximate surface area is 113 Å². The van der Waals surface area contributed by atoms with Gasteiger partial charge in [-0.15, -0.1) is 0 Å². The van der Waals surface area contributed by atoms with Crippen LogP contribution >= 0.6 is 11.8 Å². The zero-order chi connectivity index (χ0) is 13.0. The highest BCUT2D eigenvalue weighted by Gasteiger charge is 2.37. The summed E-state index contributed by atoms with van der Waals surface area (Å²) < 4.78 is 0. The number of piperidine rings is 1. The summed E-state index contributed by atoms with van der Waals surface area (Å²) in [5.74, 6) is 1.42. The fourth-order valence-electron chi connectivity index (χ4n) is 2.80. The summed E-state index contributed by atoms with van der Waals surface area (Å²) in [6.45, 7) is 2.18. The number of hydrogen-bond donors (Lipinski definition) is 0. The van der Waals surface area contributed by atoms with Crippen molar-refractivity contribution in [1.29, 1.82) is 0 Å². The van der Waals surface area contributed by atoms with Gasteiger partial charge in [-0.1, -0.05) is 0 Å². The van der Waals surface area contributed by atoms with E-state index >= 15 is 0 Å². The summed E-state index contributed by atoms with van der Waals surface area (Å²) in [5, 5.41) is 0. The lowest BCUT2D eigenvalue weighted by Gasteiger charge is -2.34. The monoisotopic (exact) mass is 270 g/mol. The number of nitrogens with zero attached hydrogens (tertiary/aromatic N) is 2. The van der Waals surface area contributed by atoms with Crippen LogP contribution in [0.25, 0.3) is 0 Å². The van der Waals surface area contributed by atoms with Crippen LogP contribution in [0.5, 0.6) is 0 Å². The largest absolute Gasteiger partial charge is 0.340 e.